The summed E-state index contributed by atoms with van der Waals surface area (Å²) in [5.41, 5.74) is 9.46. The van der Waals surface area contributed by atoms with Gasteiger partial charge in [0.25, 0.3) is 0 Å². The molecule has 0 nitrogen and oxygen atoms in total. The molecule has 0 aliphatic heterocycles. The number of fused-ring (bicyclic) bond motifs is 3. The number of hydrogen-bond donors (Lipinski definition) is 0. The number of halogens is 2. The van der Waals surface area contributed by atoms with E-state index in [1.165, 1.54) is 16.7 Å². The molecule has 0 saturated carbocycles. The molecule has 1 unspecified atom stereocenters. The first-order valence-corrected chi connectivity index (χ1v) is 14.2. The average molecular weight is 519 g/mol. The van der Waals surface area contributed by atoms with Crippen molar-refractivity contribution >= 4 is 6.48 Å². The molecule has 0 bridgehead atoms. The van der Waals surface area contributed by atoms with Crippen LogP contribution < -0.4 is 28.1 Å². The Morgan fingerprint density at radius 2 is 1.57 bits per heavy atom. The number of rotatable bonds is 2. The summed E-state index contributed by atoms with van der Waals surface area (Å²) in [5, 5.41) is 0. The first kappa shape index (κ1) is 25.5. The van der Waals surface area contributed by atoms with Gasteiger partial charge in [0.2, 0.25) is 0 Å². The summed E-state index contributed by atoms with van der Waals surface area (Å²) in [6, 6.07) is 16.1. The third-order valence-electron chi connectivity index (χ3n) is 6.38. The van der Waals surface area contributed by atoms with Gasteiger partial charge in [-0.1, -0.05) is 0 Å². The van der Waals surface area contributed by atoms with Crippen LogP contribution in [0.2, 0.25) is 0 Å². The largest absolute Gasteiger partial charge is 1.00 e. The van der Waals surface area contributed by atoms with Crippen molar-refractivity contribution < 1.29 is 46.1 Å². The Bertz CT molecular complexity index is 1060. The normalized spacial score (nSPS) is 16.6. The van der Waals surface area contributed by atoms with Crippen molar-refractivity contribution in [1.82, 2.24) is 0 Å². The van der Waals surface area contributed by atoms with E-state index in [9.17, 15) is 0 Å². The SMILES string of the molecule is CC1=[C]([Zr+2](=[C](C)C)[c]2cccc3c2Cc2ccccc2-3)C(C)C=C1C(C)(C)C.[Cl-].[Cl-]. The summed E-state index contributed by atoms with van der Waals surface area (Å²) in [4.78, 5) is 0. The molecule has 4 rings (SSSR count). The average Bonchev–Trinajstić information content (AvgIpc) is 3.14. The zero-order valence-electron chi connectivity index (χ0n) is 19.2. The molecule has 2 aromatic rings. The molecule has 2 aromatic carbocycles. The van der Waals surface area contributed by atoms with Crippen molar-refractivity contribution in [2.75, 3.05) is 0 Å². The van der Waals surface area contributed by atoms with Crippen molar-refractivity contribution in [3.63, 3.8) is 0 Å². The zero-order chi connectivity index (χ0) is 20.2. The molecule has 2 aliphatic rings. The van der Waals surface area contributed by atoms with Crippen molar-refractivity contribution in [2.24, 2.45) is 11.3 Å². The van der Waals surface area contributed by atoms with Crippen LogP contribution in [0.5, 0.6) is 0 Å². The maximum Gasteiger partial charge on any atom is -1.00 e. The molecule has 0 heterocycles. The minimum absolute atomic E-state index is 0. The Morgan fingerprint density at radius 3 is 2.17 bits per heavy atom. The third kappa shape index (κ3) is 4.28. The van der Waals surface area contributed by atoms with Gasteiger partial charge in [-0.3, -0.25) is 0 Å². The topological polar surface area (TPSA) is 0 Å². The van der Waals surface area contributed by atoms with Gasteiger partial charge in [0.1, 0.15) is 0 Å². The predicted octanol–water partition coefficient (Wildman–Crippen LogP) is 0.618. The van der Waals surface area contributed by atoms with E-state index in [0.717, 1.165) is 6.42 Å². The molecule has 1 atom stereocenters. The van der Waals surface area contributed by atoms with Gasteiger partial charge in [0.05, 0.1) is 0 Å². The molecule has 2 aliphatic carbocycles. The van der Waals surface area contributed by atoms with E-state index in [2.05, 4.69) is 97.0 Å². The second-order valence-corrected chi connectivity index (χ2v) is 16.6. The first-order valence-electron chi connectivity index (χ1n) is 10.5. The van der Waals surface area contributed by atoms with Gasteiger partial charge in [-0.05, 0) is 0 Å². The molecular formula is C27H32Cl2Zr. The molecule has 0 radical (unpaired) electrons. The number of benzene rings is 2. The molecule has 0 amide bonds. The Hall–Kier alpha value is -0.747. The molecule has 0 aromatic heterocycles. The Morgan fingerprint density at radius 1 is 0.933 bits per heavy atom. The summed E-state index contributed by atoms with van der Waals surface area (Å²) in [7, 11) is 0. The van der Waals surface area contributed by atoms with Gasteiger partial charge < -0.3 is 24.8 Å². The van der Waals surface area contributed by atoms with E-state index in [-0.39, 0.29) is 30.2 Å². The molecule has 0 N–H and O–H groups in total. The van der Waals surface area contributed by atoms with E-state index < -0.39 is 21.3 Å². The molecule has 30 heavy (non-hydrogen) atoms. The minimum atomic E-state index is -2.11. The minimum Gasteiger partial charge on any atom is -1.00 e. The quantitative estimate of drug-likeness (QED) is 0.467. The van der Waals surface area contributed by atoms with Gasteiger partial charge in [0, 0.05) is 0 Å². The van der Waals surface area contributed by atoms with Gasteiger partial charge in [-0.2, -0.15) is 0 Å². The van der Waals surface area contributed by atoms with E-state index in [1.54, 1.807) is 26.5 Å². The van der Waals surface area contributed by atoms with Crippen molar-refractivity contribution in [1.29, 1.82) is 0 Å². The Kier molecular flexibility index (Phi) is 7.99. The fourth-order valence-corrected chi connectivity index (χ4v) is 13.1. The second kappa shape index (κ2) is 9.40. The molecular weight excluding hydrogens is 486 g/mol. The maximum absolute atomic E-state index is 2.56. The molecule has 0 saturated heterocycles. The summed E-state index contributed by atoms with van der Waals surface area (Å²) in [6.45, 7) is 16.7. The van der Waals surface area contributed by atoms with E-state index >= 15 is 0 Å². The third-order valence-corrected chi connectivity index (χ3v) is 14.7. The van der Waals surface area contributed by atoms with E-state index in [4.69, 9.17) is 0 Å². The fraction of sp³-hybridized carbons (Fsp3) is 0.370. The van der Waals surface area contributed by atoms with E-state index in [1.807, 2.05) is 0 Å². The van der Waals surface area contributed by atoms with Crippen LogP contribution >= 0.6 is 0 Å². The van der Waals surface area contributed by atoms with Crippen LogP contribution in [-0.4, -0.2) is 3.21 Å². The summed E-state index contributed by atoms with van der Waals surface area (Å²) >= 11 is -2.11. The van der Waals surface area contributed by atoms with E-state index in [0.29, 0.717) is 5.92 Å². The standard InChI is InChI=1S/C13H9.C11H17.C3H6.2ClH.Zr/c1-3-7-12-10(5-1)9-11-6-2-4-8-13(11)12;1-8-6-9(2)10(7-8)11(3,4)5;1-3-2;;;/h1-5,7-8H,9H2;7-8H,1-5H3;1-2H3;2*1H;/q;;;;;+2/p-2. The molecule has 0 fully saturated rings. The van der Waals surface area contributed by atoms with Crippen LogP contribution in [-0.2, 0) is 27.7 Å². The second-order valence-electron chi connectivity index (χ2n) is 9.70. The number of allylic oxidation sites excluding steroid dienone is 4. The zero-order valence-corrected chi connectivity index (χ0v) is 23.1. The van der Waals surface area contributed by atoms with Gasteiger partial charge in [0.15, 0.2) is 0 Å². The summed E-state index contributed by atoms with van der Waals surface area (Å²) in [5.74, 6) is 0.582. The maximum atomic E-state index is 2.56. The van der Waals surface area contributed by atoms with Crippen LogP contribution in [0.1, 0.15) is 59.6 Å². The van der Waals surface area contributed by atoms with Gasteiger partial charge in [-0.25, -0.2) is 0 Å². The smallest absolute Gasteiger partial charge is 1.00 e. The van der Waals surface area contributed by atoms with Crippen LogP contribution in [0.3, 0.4) is 0 Å². The van der Waals surface area contributed by atoms with Crippen molar-refractivity contribution in [3.05, 3.63) is 74.1 Å². The van der Waals surface area contributed by atoms with Crippen LogP contribution in [0.15, 0.2) is 63.0 Å². The predicted molar refractivity (Wildman–Crippen MR) is 120 cm³/mol. The summed E-state index contributed by atoms with van der Waals surface area (Å²) < 4.78 is 5.20. The van der Waals surface area contributed by atoms with Crippen molar-refractivity contribution in [2.45, 2.75) is 54.9 Å². The van der Waals surface area contributed by atoms with Crippen LogP contribution in [0.4, 0.5) is 0 Å². The van der Waals surface area contributed by atoms with Crippen LogP contribution in [0.25, 0.3) is 11.1 Å². The monoisotopic (exact) mass is 516 g/mol. The Balaban J connectivity index is 0.00000160. The van der Waals surface area contributed by atoms with Crippen LogP contribution in [0, 0.1) is 11.3 Å². The molecule has 0 spiro atoms. The van der Waals surface area contributed by atoms with Crippen molar-refractivity contribution in [3.8, 4) is 11.1 Å². The number of hydrogen-bond acceptors (Lipinski definition) is 0. The first-order chi connectivity index (χ1) is 13.2. The summed E-state index contributed by atoms with van der Waals surface area (Å²) in [6.07, 6.45) is 3.67. The molecule has 3 heteroatoms. The Labute approximate surface area is 202 Å². The fourth-order valence-electron chi connectivity index (χ4n) is 5.25. The molecule has 158 valence electrons. The van der Waals surface area contributed by atoms with Gasteiger partial charge >= 0.3 is 179 Å². The van der Waals surface area contributed by atoms with Gasteiger partial charge in [-0.15, -0.1) is 0 Å².